The van der Waals surface area contributed by atoms with Crippen molar-refractivity contribution in [1.29, 1.82) is 5.26 Å². The summed E-state index contributed by atoms with van der Waals surface area (Å²) in [6.45, 7) is 15.5. The van der Waals surface area contributed by atoms with E-state index in [1.54, 1.807) is 0 Å². The maximum Gasteiger partial charge on any atom is 0.106 e. The molecule has 0 aromatic carbocycles. The largest absolute Gasteiger partial charge is 0.378 e. The van der Waals surface area contributed by atoms with E-state index in [9.17, 15) is 5.26 Å². The molecule has 0 rings (SSSR count). The van der Waals surface area contributed by atoms with Gasteiger partial charge in [-0.15, -0.1) is 0 Å². The molecule has 2 atom stereocenters. The highest BCUT2D eigenvalue weighted by Crippen LogP contribution is 2.20. The molecule has 0 spiro atoms. The molecule has 2 unspecified atom stereocenters. The number of nitrogens with one attached hydrogen (secondary N) is 1. The van der Waals surface area contributed by atoms with Crippen LogP contribution in [0.3, 0.4) is 0 Å². The van der Waals surface area contributed by atoms with Crippen molar-refractivity contribution in [3.63, 3.8) is 0 Å². The second kappa shape index (κ2) is 7.11. The van der Waals surface area contributed by atoms with Crippen LogP contribution in [0.5, 0.6) is 0 Å². The summed E-state index contributed by atoms with van der Waals surface area (Å²) in [5, 5.41) is 12.6. The third kappa shape index (κ3) is 8.49. The molecule has 0 bridgehead atoms. The van der Waals surface area contributed by atoms with E-state index < -0.39 is 5.54 Å². The average Bonchev–Trinajstić information content (AvgIpc) is 2.13. The number of hydrogen-bond donors (Lipinski definition) is 1. The number of hydrogen-bond acceptors (Lipinski definition) is 3. The van der Waals surface area contributed by atoms with Crippen molar-refractivity contribution in [3.8, 4) is 6.07 Å². The second-order valence-electron chi connectivity index (χ2n) is 6.94. The van der Waals surface area contributed by atoms with Gasteiger partial charge >= 0.3 is 0 Å². The summed E-state index contributed by atoms with van der Waals surface area (Å²) in [6.07, 6.45) is 1.85. The van der Waals surface area contributed by atoms with Crippen LogP contribution in [-0.4, -0.2) is 24.3 Å². The first-order chi connectivity index (χ1) is 8.08. The molecule has 3 heteroatoms. The Kier molecular flexibility index (Phi) is 6.88. The highest BCUT2D eigenvalue weighted by Gasteiger charge is 2.27. The molecule has 0 amide bonds. The summed E-state index contributed by atoms with van der Waals surface area (Å²) in [5.41, 5.74) is -0.205. The first kappa shape index (κ1) is 17.4. The van der Waals surface area contributed by atoms with E-state index in [0.29, 0.717) is 17.9 Å². The van der Waals surface area contributed by atoms with Gasteiger partial charge in [0.25, 0.3) is 0 Å². The quantitative estimate of drug-likeness (QED) is 0.756. The van der Waals surface area contributed by atoms with Crippen LogP contribution < -0.4 is 5.32 Å². The number of nitriles is 1. The molecular formula is C15H30N2O. The summed E-state index contributed by atoms with van der Waals surface area (Å²) < 4.78 is 5.81. The summed E-state index contributed by atoms with van der Waals surface area (Å²) in [4.78, 5) is 0. The Balaban J connectivity index is 4.13. The first-order valence-electron chi connectivity index (χ1n) is 6.88. The minimum atomic E-state index is -0.505. The summed E-state index contributed by atoms with van der Waals surface area (Å²) >= 11 is 0. The lowest BCUT2D eigenvalue weighted by Crippen LogP contribution is -2.47. The maximum absolute atomic E-state index is 9.27. The maximum atomic E-state index is 9.27. The fraction of sp³-hybridized carbons (Fsp3) is 0.933. The van der Waals surface area contributed by atoms with E-state index in [0.717, 1.165) is 13.0 Å². The van der Waals surface area contributed by atoms with Crippen LogP contribution >= 0.6 is 0 Å². The lowest BCUT2D eigenvalue weighted by Gasteiger charge is -2.29. The monoisotopic (exact) mass is 254 g/mol. The molecule has 0 saturated carbocycles. The summed E-state index contributed by atoms with van der Waals surface area (Å²) in [7, 11) is 0. The van der Waals surface area contributed by atoms with Gasteiger partial charge in [0.15, 0.2) is 0 Å². The third-order valence-electron chi connectivity index (χ3n) is 2.80. The van der Waals surface area contributed by atoms with E-state index in [-0.39, 0.29) is 6.10 Å². The number of rotatable bonds is 7. The van der Waals surface area contributed by atoms with E-state index in [2.05, 4.69) is 46.0 Å². The SMILES string of the molecule is CC(C)NC(C)(C#N)CC(C)OCCC(C)(C)C. The van der Waals surface area contributed by atoms with E-state index in [1.807, 2.05) is 13.8 Å². The zero-order chi connectivity index (χ0) is 14.4. The lowest BCUT2D eigenvalue weighted by molar-refractivity contribution is 0.0326. The Morgan fingerprint density at radius 3 is 2.11 bits per heavy atom. The van der Waals surface area contributed by atoms with Crippen molar-refractivity contribution in [3.05, 3.63) is 0 Å². The Morgan fingerprint density at radius 2 is 1.72 bits per heavy atom. The molecule has 0 aliphatic rings. The van der Waals surface area contributed by atoms with Gasteiger partial charge < -0.3 is 4.74 Å². The van der Waals surface area contributed by atoms with E-state index in [4.69, 9.17) is 4.74 Å². The molecule has 0 aromatic heterocycles. The van der Waals surface area contributed by atoms with Crippen molar-refractivity contribution in [2.75, 3.05) is 6.61 Å². The van der Waals surface area contributed by atoms with Gasteiger partial charge in [-0.3, -0.25) is 5.32 Å². The van der Waals surface area contributed by atoms with Crippen LogP contribution in [0.4, 0.5) is 0 Å². The molecule has 1 N–H and O–H groups in total. The zero-order valence-electron chi connectivity index (χ0n) is 13.1. The van der Waals surface area contributed by atoms with Crippen LogP contribution in [0, 0.1) is 16.7 Å². The van der Waals surface area contributed by atoms with Gasteiger partial charge in [-0.25, -0.2) is 0 Å². The molecule has 0 heterocycles. The molecule has 0 aliphatic carbocycles. The Labute approximate surface area is 113 Å². The zero-order valence-corrected chi connectivity index (χ0v) is 13.1. The van der Waals surface area contributed by atoms with E-state index >= 15 is 0 Å². The fourth-order valence-electron chi connectivity index (χ4n) is 1.97. The number of nitrogens with zero attached hydrogens (tertiary/aromatic N) is 1. The molecule has 18 heavy (non-hydrogen) atoms. The molecular weight excluding hydrogens is 224 g/mol. The minimum Gasteiger partial charge on any atom is -0.378 e. The molecule has 106 valence electrons. The Hall–Kier alpha value is -0.590. The first-order valence-corrected chi connectivity index (χ1v) is 6.88. The summed E-state index contributed by atoms with van der Waals surface area (Å²) in [5.74, 6) is 0. The van der Waals surface area contributed by atoms with E-state index in [1.165, 1.54) is 0 Å². The van der Waals surface area contributed by atoms with Crippen molar-refractivity contribution in [1.82, 2.24) is 5.32 Å². The van der Waals surface area contributed by atoms with Gasteiger partial charge in [-0.1, -0.05) is 20.8 Å². The van der Waals surface area contributed by atoms with Gasteiger partial charge in [0.05, 0.1) is 12.2 Å². The smallest absolute Gasteiger partial charge is 0.106 e. The summed E-state index contributed by atoms with van der Waals surface area (Å²) in [6, 6.07) is 2.66. The molecule has 0 aliphatic heterocycles. The van der Waals surface area contributed by atoms with Crippen LogP contribution in [0.25, 0.3) is 0 Å². The molecule has 0 saturated heterocycles. The topological polar surface area (TPSA) is 45.0 Å². The van der Waals surface area contributed by atoms with Crippen molar-refractivity contribution in [2.24, 2.45) is 5.41 Å². The molecule has 3 nitrogen and oxygen atoms in total. The highest BCUT2D eigenvalue weighted by molar-refractivity contribution is 5.05. The fourth-order valence-corrected chi connectivity index (χ4v) is 1.97. The van der Waals surface area contributed by atoms with Crippen LogP contribution in [0.2, 0.25) is 0 Å². The standard InChI is InChI=1S/C15H30N2O/c1-12(2)17-15(7,11-16)10-13(3)18-9-8-14(4,5)6/h12-13,17H,8-10H2,1-7H3. The second-order valence-corrected chi connectivity index (χ2v) is 6.94. The molecule has 0 fully saturated rings. The Morgan fingerprint density at radius 1 is 1.17 bits per heavy atom. The minimum absolute atomic E-state index is 0.100. The van der Waals surface area contributed by atoms with Crippen molar-refractivity contribution < 1.29 is 4.74 Å². The van der Waals surface area contributed by atoms with Gasteiger partial charge in [0.2, 0.25) is 0 Å². The van der Waals surface area contributed by atoms with Crippen LogP contribution in [-0.2, 0) is 4.74 Å². The molecule has 0 radical (unpaired) electrons. The average molecular weight is 254 g/mol. The predicted octanol–water partition coefficient (Wildman–Crippen LogP) is 3.50. The lowest BCUT2D eigenvalue weighted by atomic mass is 9.92. The van der Waals surface area contributed by atoms with Crippen molar-refractivity contribution >= 4 is 0 Å². The Bertz CT molecular complexity index is 275. The van der Waals surface area contributed by atoms with Crippen LogP contribution in [0.1, 0.15) is 61.3 Å². The molecule has 0 aromatic rings. The number of ether oxygens (including phenoxy) is 1. The normalized spacial score (nSPS) is 17.3. The van der Waals surface area contributed by atoms with Gasteiger partial charge in [0, 0.05) is 19.1 Å². The highest BCUT2D eigenvalue weighted by atomic mass is 16.5. The van der Waals surface area contributed by atoms with Crippen molar-refractivity contribution in [2.45, 2.75) is 79.0 Å². The van der Waals surface area contributed by atoms with Gasteiger partial charge in [0.1, 0.15) is 5.54 Å². The van der Waals surface area contributed by atoms with Gasteiger partial charge in [-0.05, 0) is 39.5 Å². The van der Waals surface area contributed by atoms with Crippen LogP contribution in [0.15, 0.2) is 0 Å². The van der Waals surface area contributed by atoms with Gasteiger partial charge in [-0.2, -0.15) is 5.26 Å². The third-order valence-corrected chi connectivity index (χ3v) is 2.80. The predicted molar refractivity (Wildman–Crippen MR) is 76.4 cm³/mol.